The summed E-state index contributed by atoms with van der Waals surface area (Å²) < 4.78 is 5.35. The van der Waals surface area contributed by atoms with Gasteiger partial charge >= 0.3 is 0 Å². The number of aromatic nitrogens is 1. The molecule has 0 radical (unpaired) electrons. The number of benzene rings is 1. The Hall–Kier alpha value is -1.89. The maximum Gasteiger partial charge on any atom is 0.292 e. The van der Waals surface area contributed by atoms with Crippen LogP contribution < -0.4 is 0 Å². The maximum absolute atomic E-state index is 12.6. The summed E-state index contributed by atoms with van der Waals surface area (Å²) in [4.78, 5) is 16.7. The van der Waals surface area contributed by atoms with Gasteiger partial charge in [0.05, 0.1) is 11.8 Å². The molecule has 2 fully saturated rings. The molecular weight excluding hydrogens is 378 g/mol. The predicted octanol–water partition coefficient (Wildman–Crippen LogP) is 3.30. The van der Waals surface area contributed by atoms with Crippen molar-refractivity contribution in [3.63, 3.8) is 0 Å². The van der Waals surface area contributed by atoms with Gasteiger partial charge in [-0.2, -0.15) is 0 Å². The third kappa shape index (κ3) is 4.57. The number of β-amino-alcohol motifs (C(OH)–C–C–N with tert-alkyl or cyclic N) is 1. The minimum absolute atomic E-state index is 0.169. The van der Waals surface area contributed by atoms with Crippen molar-refractivity contribution < 1.29 is 14.4 Å². The fourth-order valence-electron chi connectivity index (χ4n) is 4.11. The zero-order chi connectivity index (χ0) is 19.5. The molecule has 1 unspecified atom stereocenters. The van der Waals surface area contributed by atoms with Crippen LogP contribution >= 0.6 is 11.6 Å². The van der Waals surface area contributed by atoms with Crippen LogP contribution in [0.2, 0.25) is 5.02 Å². The average molecular weight is 404 g/mol. The molecule has 2 aliphatic rings. The maximum atomic E-state index is 12.6. The average Bonchev–Trinajstić information content (AvgIpc) is 3.20. The molecule has 28 heavy (non-hydrogen) atoms. The van der Waals surface area contributed by atoms with E-state index in [1.807, 2.05) is 12.1 Å². The van der Waals surface area contributed by atoms with Gasteiger partial charge in [-0.1, -0.05) is 28.9 Å². The van der Waals surface area contributed by atoms with Gasteiger partial charge < -0.3 is 14.5 Å². The minimum Gasteiger partial charge on any atom is -0.391 e. The topological polar surface area (TPSA) is 69.8 Å². The number of hydrogen-bond donors (Lipinski definition) is 1. The molecule has 7 heteroatoms. The van der Waals surface area contributed by atoms with Crippen molar-refractivity contribution >= 4 is 17.5 Å². The van der Waals surface area contributed by atoms with E-state index in [9.17, 15) is 9.90 Å². The summed E-state index contributed by atoms with van der Waals surface area (Å²) in [6.07, 6.45) is 3.12. The van der Waals surface area contributed by atoms with Crippen molar-refractivity contribution in [3.8, 4) is 0 Å². The third-order valence-electron chi connectivity index (χ3n) is 5.75. The van der Waals surface area contributed by atoms with Crippen molar-refractivity contribution in [2.75, 3.05) is 26.2 Å². The van der Waals surface area contributed by atoms with Gasteiger partial charge in [0.1, 0.15) is 0 Å². The molecule has 0 aliphatic carbocycles. The summed E-state index contributed by atoms with van der Waals surface area (Å²) in [6, 6.07) is 9.80. The molecule has 3 heterocycles. The van der Waals surface area contributed by atoms with Crippen LogP contribution in [0.4, 0.5) is 0 Å². The normalized spacial score (nSPS) is 21.8. The van der Waals surface area contributed by atoms with Crippen molar-refractivity contribution in [2.45, 2.75) is 44.2 Å². The highest BCUT2D eigenvalue weighted by Crippen LogP contribution is 2.29. The molecule has 1 amide bonds. The first-order chi connectivity index (χ1) is 13.6. The summed E-state index contributed by atoms with van der Waals surface area (Å²) in [5.74, 6) is 0.434. The largest absolute Gasteiger partial charge is 0.391 e. The van der Waals surface area contributed by atoms with E-state index in [4.69, 9.17) is 16.1 Å². The van der Waals surface area contributed by atoms with Gasteiger partial charge in [0.2, 0.25) is 5.76 Å². The summed E-state index contributed by atoms with van der Waals surface area (Å²) in [7, 11) is 0. The molecule has 1 aromatic heterocycles. The molecule has 2 aromatic rings. The Bertz CT molecular complexity index is 799. The number of nitrogens with zero attached hydrogens (tertiary/aromatic N) is 3. The Labute approximate surface area is 170 Å². The number of aliphatic hydroxyl groups is 1. The summed E-state index contributed by atoms with van der Waals surface area (Å²) in [5.41, 5.74) is 2.13. The molecule has 2 saturated heterocycles. The summed E-state index contributed by atoms with van der Waals surface area (Å²) >= 11 is 5.95. The Kier molecular flexibility index (Phi) is 5.99. The highest BCUT2D eigenvalue weighted by atomic mass is 35.5. The van der Waals surface area contributed by atoms with E-state index < -0.39 is 6.10 Å². The van der Waals surface area contributed by atoms with Gasteiger partial charge in [0.15, 0.2) is 0 Å². The second-order valence-corrected chi connectivity index (χ2v) is 8.28. The zero-order valence-electron chi connectivity index (χ0n) is 15.9. The molecule has 0 spiro atoms. The lowest BCUT2D eigenvalue weighted by Gasteiger charge is -2.31. The Morgan fingerprint density at radius 3 is 2.64 bits per heavy atom. The standard InChI is InChI=1S/C21H26ClN3O3/c22-17-5-3-15(4-6-17)13-24-10-7-16(8-11-24)19-12-20(28-23-19)21(27)25-9-1-2-18(26)14-25/h3-6,12,16,18,26H,1-2,7-11,13-14H2. The molecule has 1 atom stereocenters. The highest BCUT2D eigenvalue weighted by Gasteiger charge is 2.28. The van der Waals surface area contributed by atoms with Crippen molar-refractivity contribution in [1.29, 1.82) is 0 Å². The van der Waals surface area contributed by atoms with Crippen molar-refractivity contribution in [3.05, 3.63) is 52.4 Å². The lowest BCUT2D eigenvalue weighted by atomic mass is 9.93. The molecule has 1 aromatic carbocycles. The number of hydrogen-bond acceptors (Lipinski definition) is 5. The molecule has 2 aliphatic heterocycles. The Morgan fingerprint density at radius 2 is 1.93 bits per heavy atom. The number of carbonyl (C=O) groups is 1. The van der Waals surface area contributed by atoms with Crippen LogP contribution in [0.15, 0.2) is 34.9 Å². The number of rotatable bonds is 4. The van der Waals surface area contributed by atoms with Crippen molar-refractivity contribution in [1.82, 2.24) is 15.0 Å². The van der Waals surface area contributed by atoms with Crippen LogP contribution in [-0.2, 0) is 6.54 Å². The van der Waals surface area contributed by atoms with Gasteiger partial charge in [0, 0.05) is 36.6 Å². The summed E-state index contributed by atoms with van der Waals surface area (Å²) in [5, 5.41) is 14.7. The molecule has 1 N–H and O–H groups in total. The Morgan fingerprint density at radius 1 is 1.18 bits per heavy atom. The third-order valence-corrected chi connectivity index (χ3v) is 6.00. The monoisotopic (exact) mass is 403 g/mol. The fourth-order valence-corrected chi connectivity index (χ4v) is 4.24. The van der Waals surface area contributed by atoms with Crippen molar-refractivity contribution in [2.24, 2.45) is 0 Å². The highest BCUT2D eigenvalue weighted by molar-refractivity contribution is 6.30. The second kappa shape index (κ2) is 8.64. The number of amides is 1. The summed E-state index contributed by atoms with van der Waals surface area (Å²) in [6.45, 7) is 3.93. The number of carbonyl (C=O) groups excluding carboxylic acids is 1. The first kappa shape index (κ1) is 19.4. The van der Waals surface area contributed by atoms with E-state index in [2.05, 4.69) is 22.2 Å². The van der Waals surface area contributed by atoms with E-state index in [1.54, 1.807) is 11.0 Å². The molecule has 4 rings (SSSR count). The van der Waals surface area contributed by atoms with Gasteiger partial charge in [-0.05, 0) is 56.5 Å². The quantitative estimate of drug-likeness (QED) is 0.848. The SMILES string of the molecule is O=C(c1cc(C2CCN(Cc3ccc(Cl)cc3)CC2)no1)N1CCCC(O)C1. The van der Waals surface area contributed by atoms with Crippen LogP contribution in [0.1, 0.15) is 53.4 Å². The lowest BCUT2D eigenvalue weighted by Crippen LogP contribution is -2.42. The molecule has 6 nitrogen and oxygen atoms in total. The van der Waals surface area contributed by atoms with E-state index >= 15 is 0 Å². The van der Waals surface area contributed by atoms with Crippen LogP contribution in [0, 0.1) is 0 Å². The number of halogens is 1. The van der Waals surface area contributed by atoms with Gasteiger partial charge in [0.25, 0.3) is 5.91 Å². The lowest BCUT2D eigenvalue weighted by molar-refractivity contribution is 0.0441. The van der Waals surface area contributed by atoms with Gasteiger partial charge in [-0.3, -0.25) is 9.69 Å². The number of aliphatic hydroxyl groups excluding tert-OH is 1. The number of likely N-dealkylation sites (tertiary alicyclic amines) is 2. The molecule has 0 saturated carbocycles. The van der Waals surface area contributed by atoms with E-state index in [0.717, 1.165) is 56.0 Å². The van der Waals surface area contributed by atoms with E-state index in [0.29, 0.717) is 19.0 Å². The zero-order valence-corrected chi connectivity index (χ0v) is 16.6. The minimum atomic E-state index is -0.440. The second-order valence-electron chi connectivity index (χ2n) is 7.84. The fraction of sp³-hybridized carbons (Fsp3) is 0.524. The van der Waals surface area contributed by atoms with Crippen LogP contribution in [-0.4, -0.2) is 58.3 Å². The van der Waals surface area contributed by atoms with Gasteiger partial charge in [-0.15, -0.1) is 0 Å². The first-order valence-corrected chi connectivity index (χ1v) is 10.4. The Balaban J connectivity index is 1.31. The first-order valence-electron chi connectivity index (χ1n) is 9.99. The number of piperidine rings is 2. The van der Waals surface area contributed by atoms with E-state index in [-0.39, 0.29) is 11.7 Å². The van der Waals surface area contributed by atoms with Crippen LogP contribution in [0.3, 0.4) is 0 Å². The van der Waals surface area contributed by atoms with Crippen LogP contribution in [0.5, 0.6) is 0 Å². The predicted molar refractivity (Wildman–Crippen MR) is 106 cm³/mol. The molecule has 150 valence electrons. The molecular formula is C21H26ClN3O3. The van der Waals surface area contributed by atoms with Gasteiger partial charge in [-0.25, -0.2) is 0 Å². The molecule has 0 bridgehead atoms. The van der Waals surface area contributed by atoms with E-state index in [1.165, 1.54) is 5.56 Å². The smallest absolute Gasteiger partial charge is 0.292 e. The van der Waals surface area contributed by atoms with Crippen LogP contribution in [0.25, 0.3) is 0 Å².